The average Bonchev–Trinajstić information content (AvgIpc) is 3.41. The normalized spacial score (nSPS) is 31.2. The molecule has 12 atom stereocenters. The Bertz CT molecular complexity index is 2720. The summed E-state index contributed by atoms with van der Waals surface area (Å²) < 4.78 is 18.5. The van der Waals surface area contributed by atoms with Crippen LogP contribution in [-0.4, -0.2) is 101 Å². The molecule has 4 aliphatic carbocycles. The lowest BCUT2D eigenvalue weighted by atomic mass is 9.48. The summed E-state index contributed by atoms with van der Waals surface area (Å²) in [6, 6.07) is 15.5. The molecule has 3 aliphatic heterocycles. The van der Waals surface area contributed by atoms with Gasteiger partial charge in [-0.3, -0.25) is 9.59 Å². The van der Waals surface area contributed by atoms with Crippen LogP contribution in [0.4, 0.5) is 5.69 Å². The molecule has 7 aliphatic rings. The number of rotatable bonds is 11. The molecule has 13 heteroatoms. The van der Waals surface area contributed by atoms with Crippen molar-refractivity contribution in [2.75, 3.05) is 39.2 Å². The van der Waals surface area contributed by atoms with Gasteiger partial charge < -0.3 is 50.4 Å². The van der Waals surface area contributed by atoms with Gasteiger partial charge in [-0.1, -0.05) is 80.7 Å². The second-order valence-electron chi connectivity index (χ2n) is 23.6. The largest absolute Gasteiger partial charge is 0.507 e. The second-order valence-corrected chi connectivity index (χ2v) is 23.6. The number of hydrogen-bond acceptors (Lipinski definition) is 13. The lowest BCUT2D eigenvalue weighted by Crippen LogP contribution is -2.65. The van der Waals surface area contributed by atoms with E-state index >= 15 is 4.79 Å². The van der Waals surface area contributed by atoms with Crippen molar-refractivity contribution in [2.24, 2.45) is 29.6 Å². The Hall–Kier alpha value is -5.07. The van der Waals surface area contributed by atoms with Gasteiger partial charge >= 0.3 is 11.9 Å². The molecule has 10 bridgehead atoms. The number of ether oxygens (including phenoxy) is 3. The van der Waals surface area contributed by atoms with Gasteiger partial charge in [0.1, 0.15) is 29.0 Å². The Kier molecular flexibility index (Phi) is 16.0. The van der Waals surface area contributed by atoms with Crippen molar-refractivity contribution < 1.29 is 54.1 Å². The number of benzene rings is 3. The number of anilines is 1. The van der Waals surface area contributed by atoms with Gasteiger partial charge in [0.15, 0.2) is 0 Å². The summed E-state index contributed by atoms with van der Waals surface area (Å²) in [6.07, 6.45) is 8.74. The van der Waals surface area contributed by atoms with Crippen LogP contribution in [0.3, 0.4) is 0 Å². The number of carbonyl (C=O) groups is 3. The van der Waals surface area contributed by atoms with E-state index < -0.39 is 59.2 Å². The number of aliphatic hydroxyl groups is 4. The lowest BCUT2D eigenvalue weighted by molar-refractivity contribution is -0.228. The predicted molar refractivity (Wildman–Crippen MR) is 284 cm³/mol. The summed E-state index contributed by atoms with van der Waals surface area (Å²) in [7, 11) is 3.34. The standard InChI is InChI=1S/C62H78N2O11/c1-61(71,20-21-73-3)35-64-46-27-42(26-43(28-46)54(67)34-63-2)39-16-17-40-33-56(68)75-59-48(40)31-44(58(69)57(59)38-12-5-4-6-13-38)32-55-62(72)51-15-8-7-14-41(51)30-49-50(53(66)19-18-52(49)62)24-37-11-9-10-36(22-37)23-47(65)29-45(25-39)60(70)74-55/h9-11,22,26-29,31,38-41,47,49-52,54-55,63-65,67,69,71-72H,4-8,12-15,18-21,23-25,30,32-35H2,1-3H3. The van der Waals surface area contributed by atoms with Gasteiger partial charge in [0.25, 0.3) is 0 Å². The molecule has 3 aromatic rings. The van der Waals surface area contributed by atoms with E-state index in [1.807, 2.05) is 42.5 Å². The molecular weight excluding hydrogens is 949 g/mol. The fourth-order valence-electron chi connectivity index (χ4n) is 14.7. The quantitative estimate of drug-likeness (QED) is 0.0551. The van der Waals surface area contributed by atoms with Crippen LogP contribution < -0.4 is 15.4 Å². The molecule has 4 fully saturated rings. The molecule has 3 aromatic carbocycles. The maximum atomic E-state index is 15.8. The van der Waals surface area contributed by atoms with Crippen LogP contribution in [0.25, 0.3) is 0 Å². The van der Waals surface area contributed by atoms with Crippen molar-refractivity contribution in [3.63, 3.8) is 0 Å². The SMILES string of the molecule is CNCC(O)c1cc(NCC(C)(O)CCOC)cc(C2C#CC3CC(=O)Oc4c3cc(c(O)c4C3CCCCC3)CC3OC(=O)C(=CC(O)Cc4cccc(c4)CC4C(=O)CCC5C4CC4CCCCC4C35O)C2)c1. The number of hydrogen-bond donors (Lipinski definition) is 7. The van der Waals surface area contributed by atoms with E-state index in [1.54, 1.807) is 27.2 Å². The van der Waals surface area contributed by atoms with E-state index in [0.717, 1.165) is 75.3 Å². The molecule has 3 heterocycles. The zero-order valence-electron chi connectivity index (χ0n) is 44.1. The zero-order valence-corrected chi connectivity index (χ0v) is 44.1. The van der Waals surface area contributed by atoms with E-state index in [-0.39, 0.29) is 85.5 Å². The smallest absolute Gasteiger partial charge is 0.334 e. The number of Topliss-reactive ketones (excluding diaryl/α,β-unsaturated/α-hetero) is 1. The maximum absolute atomic E-state index is 15.8. The molecule has 75 heavy (non-hydrogen) atoms. The highest BCUT2D eigenvalue weighted by molar-refractivity contribution is 5.89. The minimum Gasteiger partial charge on any atom is -0.507 e. The van der Waals surface area contributed by atoms with Crippen LogP contribution in [0.1, 0.15) is 166 Å². The van der Waals surface area contributed by atoms with Gasteiger partial charge in [-0.15, -0.1) is 0 Å². The number of esters is 2. The van der Waals surface area contributed by atoms with Crippen molar-refractivity contribution in [3.8, 4) is 23.3 Å². The summed E-state index contributed by atoms with van der Waals surface area (Å²) in [5, 5.41) is 68.6. The summed E-state index contributed by atoms with van der Waals surface area (Å²) in [5.74, 6) is 3.68. The zero-order chi connectivity index (χ0) is 52.6. The van der Waals surface area contributed by atoms with Crippen molar-refractivity contribution in [1.82, 2.24) is 5.32 Å². The maximum Gasteiger partial charge on any atom is 0.334 e. The molecule has 0 saturated heterocycles. The van der Waals surface area contributed by atoms with Crippen LogP contribution in [0.5, 0.6) is 11.5 Å². The Morgan fingerprint density at radius 3 is 2.44 bits per heavy atom. The van der Waals surface area contributed by atoms with Gasteiger partial charge in [0, 0.05) is 86.7 Å². The molecule has 0 spiro atoms. The monoisotopic (exact) mass is 1030 g/mol. The van der Waals surface area contributed by atoms with Crippen LogP contribution in [0.2, 0.25) is 0 Å². The van der Waals surface area contributed by atoms with Crippen molar-refractivity contribution in [3.05, 3.63) is 99.1 Å². The Morgan fingerprint density at radius 2 is 1.65 bits per heavy atom. The first-order chi connectivity index (χ1) is 36.1. The number of phenolic OH excluding ortho intramolecular Hbond substituents is 1. The Morgan fingerprint density at radius 1 is 0.893 bits per heavy atom. The first-order valence-corrected chi connectivity index (χ1v) is 28.1. The number of ketones is 1. The van der Waals surface area contributed by atoms with Gasteiger partial charge in [-0.2, -0.15) is 0 Å². The highest BCUT2D eigenvalue weighted by Crippen LogP contribution is 2.59. The number of aromatic hydroxyl groups is 1. The Balaban J connectivity index is 1.20. The number of carbonyl (C=O) groups excluding carboxylic acids is 3. The van der Waals surface area contributed by atoms with E-state index in [9.17, 15) is 35.1 Å². The fourth-order valence-corrected chi connectivity index (χ4v) is 14.7. The molecule has 402 valence electrons. The number of phenols is 1. The molecule has 7 N–H and O–H groups in total. The molecule has 0 amide bonds. The number of nitrogens with one attached hydrogen (secondary N) is 2. The first kappa shape index (κ1) is 53.3. The number of fused-ring (bicyclic) bond motifs is 9. The first-order valence-electron chi connectivity index (χ1n) is 28.1. The molecule has 0 aromatic heterocycles. The van der Waals surface area contributed by atoms with Crippen molar-refractivity contribution in [2.45, 2.75) is 170 Å². The molecule has 13 nitrogen and oxygen atoms in total. The third-order valence-electron chi connectivity index (χ3n) is 18.4. The second kappa shape index (κ2) is 22.5. The topological polar surface area (TPSA) is 204 Å². The highest BCUT2D eigenvalue weighted by atomic mass is 16.6. The highest BCUT2D eigenvalue weighted by Gasteiger charge is 2.62. The van der Waals surface area contributed by atoms with Crippen molar-refractivity contribution in [1.29, 1.82) is 0 Å². The van der Waals surface area contributed by atoms with Gasteiger partial charge in [-0.05, 0) is 141 Å². The fraction of sp³-hybridized carbons (Fsp3) is 0.597. The molecule has 10 rings (SSSR count). The molecule has 12 unspecified atom stereocenters. The minimum atomic E-state index is -1.60. The van der Waals surface area contributed by atoms with E-state index in [0.29, 0.717) is 71.5 Å². The van der Waals surface area contributed by atoms with Crippen LogP contribution in [0, 0.1) is 41.4 Å². The molecular formula is C62H78N2O11. The van der Waals surface area contributed by atoms with Gasteiger partial charge in [-0.25, -0.2) is 4.79 Å². The molecule has 4 saturated carbocycles. The van der Waals surface area contributed by atoms with E-state index in [1.165, 1.54) is 0 Å². The summed E-state index contributed by atoms with van der Waals surface area (Å²) in [5.41, 5.74) is 2.75. The summed E-state index contributed by atoms with van der Waals surface area (Å²) in [4.78, 5) is 44.0. The molecule has 0 radical (unpaired) electrons. The van der Waals surface area contributed by atoms with Crippen LogP contribution in [0.15, 0.2) is 60.2 Å². The lowest BCUT2D eigenvalue weighted by Gasteiger charge is -2.59. The number of aliphatic hydroxyl groups excluding tert-OH is 2. The van der Waals surface area contributed by atoms with E-state index in [4.69, 9.17) is 14.2 Å². The van der Waals surface area contributed by atoms with E-state index in [2.05, 4.69) is 28.5 Å². The van der Waals surface area contributed by atoms with Crippen LogP contribution in [-0.2, 0) is 43.1 Å². The van der Waals surface area contributed by atoms with Crippen molar-refractivity contribution >= 4 is 23.4 Å². The number of likely N-dealkylation sites (N-methyl/N-ethyl adjacent to an activating group) is 1. The average molecular weight is 1030 g/mol. The summed E-state index contributed by atoms with van der Waals surface area (Å²) >= 11 is 0. The summed E-state index contributed by atoms with van der Waals surface area (Å²) in [6.45, 7) is 2.47. The van der Waals surface area contributed by atoms with Gasteiger partial charge in [0.05, 0.1) is 30.1 Å². The third-order valence-corrected chi connectivity index (χ3v) is 18.4. The third kappa shape index (κ3) is 11.2. The number of methoxy groups -OCH3 is 1. The minimum absolute atomic E-state index is 0.0155. The van der Waals surface area contributed by atoms with Gasteiger partial charge in [0.2, 0.25) is 0 Å². The predicted octanol–water partition coefficient (Wildman–Crippen LogP) is 8.17. The Labute approximate surface area is 442 Å². The van der Waals surface area contributed by atoms with Crippen LogP contribution >= 0.6 is 0 Å².